The van der Waals surface area contributed by atoms with Crippen molar-refractivity contribution in [3.05, 3.63) is 47.4 Å². The van der Waals surface area contributed by atoms with E-state index in [-0.39, 0.29) is 12.1 Å². The Labute approximate surface area is 192 Å². The Hall–Kier alpha value is -3.26. The van der Waals surface area contributed by atoms with Gasteiger partial charge in [0, 0.05) is 17.9 Å². The van der Waals surface area contributed by atoms with Gasteiger partial charge in [-0.2, -0.15) is 0 Å². The molecule has 3 aromatic heterocycles. The van der Waals surface area contributed by atoms with E-state index in [1.165, 1.54) is 0 Å². The van der Waals surface area contributed by atoms with Crippen molar-refractivity contribution in [3.63, 3.8) is 0 Å². The minimum atomic E-state index is -0.725. The minimum absolute atomic E-state index is 0.230. The Kier molecular flexibility index (Phi) is 5.01. The van der Waals surface area contributed by atoms with Crippen LogP contribution >= 0.6 is 0 Å². The maximum atomic E-state index is 12.2. The summed E-state index contributed by atoms with van der Waals surface area (Å²) in [5.74, 6) is 1.47. The van der Waals surface area contributed by atoms with Crippen molar-refractivity contribution in [2.45, 2.75) is 70.6 Å². The lowest BCUT2D eigenvalue weighted by Gasteiger charge is -2.25. The van der Waals surface area contributed by atoms with Crippen LogP contribution in [0.3, 0.4) is 0 Å². The third-order valence-corrected chi connectivity index (χ3v) is 6.75. The first-order valence-electron chi connectivity index (χ1n) is 11.5. The standard InChI is InChI=1S/C25H29N5O3/c1-5-24(3,26)18-13-28-22(32-14-7-8-14)17-12-27-20(11-16(17)18)29-19-10-9-15-21(30-19)25(4,6-2)33-23(15)31/h9-14H,5-8,26H2,1-4H3,(H,27,29,30)/t24?,25-/m0/s1. The second-order valence-corrected chi connectivity index (χ2v) is 9.37. The zero-order valence-corrected chi connectivity index (χ0v) is 19.4. The number of rotatable bonds is 7. The van der Waals surface area contributed by atoms with Crippen molar-refractivity contribution in [2.24, 2.45) is 5.73 Å². The number of nitrogens with one attached hydrogen (secondary N) is 1. The molecule has 4 heterocycles. The Bertz CT molecular complexity index is 1250. The number of carbonyl (C=O) groups excluding carboxylic acids is 1. The molecule has 8 nitrogen and oxygen atoms in total. The number of aromatic nitrogens is 3. The van der Waals surface area contributed by atoms with Crippen molar-refractivity contribution in [3.8, 4) is 5.88 Å². The van der Waals surface area contributed by atoms with Crippen LogP contribution in [0, 0.1) is 0 Å². The number of esters is 1. The van der Waals surface area contributed by atoms with E-state index in [1.807, 2.05) is 33.0 Å². The number of cyclic esters (lactones) is 1. The predicted molar refractivity (Wildman–Crippen MR) is 126 cm³/mol. The van der Waals surface area contributed by atoms with E-state index in [4.69, 9.17) is 20.2 Å². The van der Waals surface area contributed by atoms with Gasteiger partial charge in [-0.15, -0.1) is 0 Å². The molecule has 0 radical (unpaired) electrons. The molecule has 33 heavy (non-hydrogen) atoms. The smallest absolute Gasteiger partial charge is 0.341 e. The van der Waals surface area contributed by atoms with E-state index >= 15 is 0 Å². The number of anilines is 2. The third kappa shape index (κ3) is 3.78. The maximum Gasteiger partial charge on any atom is 0.341 e. The van der Waals surface area contributed by atoms with Crippen molar-refractivity contribution >= 4 is 28.4 Å². The van der Waals surface area contributed by atoms with Crippen LogP contribution in [0.1, 0.15) is 75.0 Å². The molecule has 8 heteroatoms. The predicted octanol–water partition coefficient (Wildman–Crippen LogP) is 4.69. The van der Waals surface area contributed by atoms with Crippen molar-refractivity contribution in [2.75, 3.05) is 5.32 Å². The fourth-order valence-corrected chi connectivity index (χ4v) is 4.04. The lowest BCUT2D eigenvalue weighted by molar-refractivity contribution is -0.00220. The van der Waals surface area contributed by atoms with Crippen LogP contribution in [-0.2, 0) is 15.9 Å². The molecule has 172 valence electrons. The molecule has 0 aromatic carbocycles. The summed E-state index contributed by atoms with van der Waals surface area (Å²) in [4.78, 5) is 26.1. The number of hydrogen-bond donors (Lipinski definition) is 2. The number of carbonyl (C=O) groups is 1. The highest BCUT2D eigenvalue weighted by Crippen LogP contribution is 2.39. The van der Waals surface area contributed by atoms with Gasteiger partial charge in [0.25, 0.3) is 0 Å². The summed E-state index contributed by atoms with van der Waals surface area (Å²) in [6, 6.07) is 5.48. The first-order valence-corrected chi connectivity index (χ1v) is 11.5. The van der Waals surface area contributed by atoms with E-state index in [2.05, 4.69) is 22.2 Å². The fourth-order valence-electron chi connectivity index (χ4n) is 4.04. The van der Waals surface area contributed by atoms with Gasteiger partial charge in [0.2, 0.25) is 5.88 Å². The molecule has 0 spiro atoms. The van der Waals surface area contributed by atoms with Crippen LogP contribution in [0.15, 0.2) is 30.6 Å². The van der Waals surface area contributed by atoms with Crippen LogP contribution in [0.5, 0.6) is 5.88 Å². The van der Waals surface area contributed by atoms with Crippen molar-refractivity contribution in [1.82, 2.24) is 15.0 Å². The van der Waals surface area contributed by atoms with Gasteiger partial charge in [0.1, 0.15) is 23.4 Å². The molecule has 5 rings (SSSR count). The topological polar surface area (TPSA) is 112 Å². The Morgan fingerprint density at radius 3 is 2.70 bits per heavy atom. The van der Waals surface area contributed by atoms with Crippen LogP contribution in [0.2, 0.25) is 0 Å². The molecule has 2 aliphatic rings. The van der Waals surface area contributed by atoms with Gasteiger partial charge >= 0.3 is 5.97 Å². The normalized spacial score (nSPS) is 21.4. The summed E-state index contributed by atoms with van der Waals surface area (Å²) in [5, 5.41) is 5.07. The molecule has 1 aliphatic carbocycles. The summed E-state index contributed by atoms with van der Waals surface area (Å²) in [6.07, 6.45) is 7.32. The number of nitrogens with zero attached hydrogens (tertiary/aromatic N) is 3. The number of hydrogen-bond acceptors (Lipinski definition) is 8. The van der Waals surface area contributed by atoms with E-state index < -0.39 is 11.1 Å². The second-order valence-electron chi connectivity index (χ2n) is 9.37. The zero-order valence-electron chi connectivity index (χ0n) is 19.4. The first kappa shape index (κ1) is 21.6. The second kappa shape index (κ2) is 7.66. The average molecular weight is 448 g/mol. The van der Waals surface area contributed by atoms with Gasteiger partial charge in [-0.05, 0) is 68.7 Å². The summed E-state index contributed by atoms with van der Waals surface area (Å²) in [7, 11) is 0. The number of fused-ring (bicyclic) bond motifs is 2. The molecule has 0 saturated heterocycles. The van der Waals surface area contributed by atoms with Crippen LogP contribution in [-0.4, -0.2) is 27.0 Å². The molecule has 0 bridgehead atoms. The summed E-state index contributed by atoms with van der Waals surface area (Å²) in [6.45, 7) is 7.92. The highest BCUT2D eigenvalue weighted by atomic mass is 16.6. The molecule has 2 atom stereocenters. The lowest BCUT2D eigenvalue weighted by atomic mass is 9.88. The Morgan fingerprint density at radius 2 is 2.00 bits per heavy atom. The number of pyridine rings is 3. The molecule has 1 unspecified atom stereocenters. The van der Waals surface area contributed by atoms with Crippen molar-refractivity contribution in [1.29, 1.82) is 0 Å². The van der Waals surface area contributed by atoms with Crippen LogP contribution in [0.25, 0.3) is 10.8 Å². The molecule has 0 amide bonds. The average Bonchev–Trinajstić information content (AvgIpc) is 3.58. The van der Waals surface area contributed by atoms with Gasteiger partial charge in [-0.1, -0.05) is 13.8 Å². The number of nitrogens with two attached hydrogens (primary N) is 1. The molecule has 3 aromatic rings. The Morgan fingerprint density at radius 1 is 1.21 bits per heavy atom. The first-order chi connectivity index (χ1) is 15.7. The summed E-state index contributed by atoms with van der Waals surface area (Å²) in [5.41, 5.74) is 7.43. The molecule has 1 aliphatic heterocycles. The van der Waals surface area contributed by atoms with Crippen molar-refractivity contribution < 1.29 is 14.3 Å². The van der Waals surface area contributed by atoms with Gasteiger partial charge < -0.3 is 20.5 Å². The monoisotopic (exact) mass is 447 g/mol. The fraction of sp³-hybridized carbons (Fsp3) is 0.440. The Balaban J connectivity index is 1.55. The van der Waals surface area contributed by atoms with Gasteiger partial charge in [-0.3, -0.25) is 0 Å². The van der Waals surface area contributed by atoms with Gasteiger partial charge in [-0.25, -0.2) is 19.7 Å². The quantitative estimate of drug-likeness (QED) is 0.502. The maximum absolute atomic E-state index is 12.2. The van der Waals surface area contributed by atoms with E-state index in [1.54, 1.807) is 18.3 Å². The minimum Gasteiger partial charge on any atom is -0.474 e. The van der Waals surface area contributed by atoms with E-state index in [0.29, 0.717) is 35.2 Å². The highest BCUT2D eigenvalue weighted by molar-refractivity contribution is 5.94. The zero-order chi connectivity index (χ0) is 23.4. The third-order valence-electron chi connectivity index (χ3n) is 6.75. The van der Waals surface area contributed by atoms with Gasteiger partial charge in [0.05, 0.1) is 10.9 Å². The molecule has 1 fully saturated rings. The SMILES string of the molecule is CCC(C)(N)c1cnc(OC2CC2)c2cnc(Nc3ccc4c(n3)[C@](C)(CC)OC4=O)cc12. The number of ether oxygens (including phenoxy) is 2. The molecular weight excluding hydrogens is 418 g/mol. The van der Waals surface area contributed by atoms with E-state index in [9.17, 15) is 4.79 Å². The van der Waals surface area contributed by atoms with Crippen LogP contribution < -0.4 is 15.8 Å². The van der Waals surface area contributed by atoms with Crippen LogP contribution in [0.4, 0.5) is 11.6 Å². The summed E-state index contributed by atoms with van der Waals surface area (Å²) < 4.78 is 11.6. The lowest BCUT2D eigenvalue weighted by Crippen LogP contribution is -2.32. The molecular formula is C25H29N5O3. The molecule has 3 N–H and O–H groups in total. The summed E-state index contributed by atoms with van der Waals surface area (Å²) >= 11 is 0. The molecule has 1 saturated carbocycles. The van der Waals surface area contributed by atoms with Gasteiger partial charge in [0.15, 0.2) is 5.60 Å². The highest BCUT2D eigenvalue weighted by Gasteiger charge is 2.42. The van der Waals surface area contributed by atoms with E-state index in [0.717, 1.165) is 35.6 Å². The largest absolute Gasteiger partial charge is 0.474 e.